The molecule has 0 atom stereocenters. The zero-order valence-corrected chi connectivity index (χ0v) is 19.2. The summed E-state index contributed by atoms with van der Waals surface area (Å²) in [6.45, 7) is 4.89. The number of halogens is 1. The van der Waals surface area contributed by atoms with E-state index < -0.39 is 10.0 Å². The molecule has 2 aromatic rings. The molecule has 6 nitrogen and oxygen atoms in total. The molecule has 0 spiro atoms. The molecule has 0 aliphatic heterocycles. The number of hydrogen-bond donors (Lipinski definition) is 1. The predicted octanol–water partition coefficient (Wildman–Crippen LogP) is 3.95. The molecule has 1 N–H and O–H groups in total. The van der Waals surface area contributed by atoms with Crippen LogP contribution in [0.5, 0.6) is 5.75 Å². The molecule has 30 heavy (non-hydrogen) atoms. The number of hydrogen-bond acceptors (Lipinski definition) is 4. The zero-order chi connectivity index (χ0) is 22.1. The second kappa shape index (κ2) is 11.2. The maximum atomic E-state index is 12.2. The summed E-state index contributed by atoms with van der Waals surface area (Å²) >= 11 is 6.05. The van der Waals surface area contributed by atoms with E-state index in [0.717, 1.165) is 17.5 Å². The van der Waals surface area contributed by atoms with Gasteiger partial charge in [-0.3, -0.25) is 9.10 Å². The lowest BCUT2D eigenvalue weighted by Gasteiger charge is -2.22. The van der Waals surface area contributed by atoms with Crippen molar-refractivity contribution >= 4 is 33.2 Å². The summed E-state index contributed by atoms with van der Waals surface area (Å²) in [6.07, 6.45) is 2.72. The van der Waals surface area contributed by atoms with Crippen LogP contribution in [-0.2, 0) is 21.2 Å². The van der Waals surface area contributed by atoms with Gasteiger partial charge in [-0.1, -0.05) is 36.7 Å². The molecule has 1 amide bonds. The summed E-state index contributed by atoms with van der Waals surface area (Å²) < 4.78 is 31.2. The van der Waals surface area contributed by atoms with E-state index >= 15 is 0 Å². The van der Waals surface area contributed by atoms with Gasteiger partial charge in [0.1, 0.15) is 12.4 Å². The normalized spacial score (nSPS) is 11.2. The summed E-state index contributed by atoms with van der Waals surface area (Å²) in [5, 5.41) is 3.42. The van der Waals surface area contributed by atoms with Crippen LogP contribution in [-0.4, -0.2) is 40.3 Å². The number of aryl methyl sites for hydroxylation is 2. The van der Waals surface area contributed by atoms with Crippen LogP contribution in [0.4, 0.5) is 5.69 Å². The Morgan fingerprint density at radius 3 is 2.47 bits per heavy atom. The maximum Gasteiger partial charge on any atom is 0.232 e. The Balaban J connectivity index is 1.76. The van der Waals surface area contributed by atoms with Crippen molar-refractivity contribution < 1.29 is 17.9 Å². The van der Waals surface area contributed by atoms with E-state index in [4.69, 9.17) is 16.3 Å². The Morgan fingerprint density at radius 2 is 1.87 bits per heavy atom. The number of anilines is 1. The average Bonchev–Trinajstić information content (AvgIpc) is 2.70. The number of nitrogens with one attached hydrogen (secondary N) is 1. The molecule has 0 unspecified atom stereocenters. The van der Waals surface area contributed by atoms with Gasteiger partial charge in [0.05, 0.1) is 18.5 Å². The second-order valence-corrected chi connectivity index (χ2v) is 9.38. The van der Waals surface area contributed by atoms with Crippen LogP contribution < -0.4 is 14.4 Å². The van der Waals surface area contributed by atoms with Crippen molar-refractivity contribution in [2.24, 2.45) is 0 Å². The van der Waals surface area contributed by atoms with E-state index in [-0.39, 0.29) is 18.9 Å². The van der Waals surface area contributed by atoms with E-state index in [0.29, 0.717) is 36.0 Å². The third-order valence-electron chi connectivity index (χ3n) is 4.63. The van der Waals surface area contributed by atoms with Crippen LogP contribution in [0.25, 0.3) is 0 Å². The minimum atomic E-state index is -3.42. The Kier molecular flexibility index (Phi) is 8.99. The number of carbonyl (C=O) groups is 1. The Morgan fingerprint density at radius 1 is 1.17 bits per heavy atom. The number of benzene rings is 2. The average molecular weight is 453 g/mol. The molecule has 0 fully saturated rings. The number of amides is 1. The molecule has 2 rings (SSSR count). The largest absolute Gasteiger partial charge is 0.492 e. The summed E-state index contributed by atoms with van der Waals surface area (Å²) in [6, 6.07) is 12.9. The molecule has 8 heteroatoms. The number of sulfonamides is 1. The second-order valence-electron chi connectivity index (χ2n) is 7.07. The molecule has 2 aromatic carbocycles. The molecular weight excluding hydrogens is 424 g/mol. The van der Waals surface area contributed by atoms with Gasteiger partial charge in [-0.15, -0.1) is 0 Å². The Bertz CT molecular complexity index is 946. The fourth-order valence-electron chi connectivity index (χ4n) is 2.88. The molecule has 0 heterocycles. The van der Waals surface area contributed by atoms with Crippen LogP contribution in [0.2, 0.25) is 5.02 Å². The Hall–Kier alpha value is -2.25. The molecule has 0 aromatic heterocycles. The first-order valence-corrected chi connectivity index (χ1v) is 12.2. The first-order valence-electron chi connectivity index (χ1n) is 9.93. The quantitative estimate of drug-likeness (QED) is 0.524. The van der Waals surface area contributed by atoms with Crippen molar-refractivity contribution in [3.05, 3.63) is 58.6 Å². The zero-order valence-electron chi connectivity index (χ0n) is 17.7. The predicted molar refractivity (Wildman–Crippen MR) is 122 cm³/mol. The van der Waals surface area contributed by atoms with Crippen molar-refractivity contribution in [1.82, 2.24) is 5.32 Å². The van der Waals surface area contributed by atoms with Gasteiger partial charge in [-0.05, 0) is 55.2 Å². The van der Waals surface area contributed by atoms with E-state index in [1.54, 1.807) is 18.2 Å². The SMILES string of the molecule is CCc1ccc(N(CCCC(=O)NCCOc2ccc(C)c(Cl)c2)S(C)(=O)=O)cc1. The smallest absolute Gasteiger partial charge is 0.232 e. The highest BCUT2D eigenvalue weighted by atomic mass is 35.5. The standard InChI is InChI=1S/C22H29ClN2O4S/c1-4-18-8-10-19(11-9-18)25(30(3,27)28)14-5-6-22(26)24-13-15-29-20-12-7-17(2)21(23)16-20/h7-12,16H,4-6,13-15H2,1-3H3,(H,24,26). The lowest BCUT2D eigenvalue weighted by Crippen LogP contribution is -2.32. The molecule has 0 bridgehead atoms. The van der Waals surface area contributed by atoms with E-state index in [1.807, 2.05) is 38.1 Å². The van der Waals surface area contributed by atoms with Crippen LogP contribution in [0, 0.1) is 6.92 Å². The summed E-state index contributed by atoms with van der Waals surface area (Å²) in [7, 11) is -3.42. The van der Waals surface area contributed by atoms with Gasteiger partial charge in [0.15, 0.2) is 0 Å². The highest BCUT2D eigenvalue weighted by molar-refractivity contribution is 7.92. The molecule has 0 radical (unpaired) electrons. The fraction of sp³-hybridized carbons (Fsp3) is 0.409. The van der Waals surface area contributed by atoms with Gasteiger partial charge in [0, 0.05) is 18.0 Å². The molecule has 0 aliphatic rings. The third kappa shape index (κ3) is 7.54. The van der Waals surface area contributed by atoms with Crippen LogP contribution >= 0.6 is 11.6 Å². The monoisotopic (exact) mass is 452 g/mol. The van der Waals surface area contributed by atoms with E-state index in [1.165, 1.54) is 10.6 Å². The minimum Gasteiger partial charge on any atom is -0.492 e. The topological polar surface area (TPSA) is 75.7 Å². The van der Waals surface area contributed by atoms with Gasteiger partial charge in [0.2, 0.25) is 15.9 Å². The third-order valence-corrected chi connectivity index (χ3v) is 6.24. The van der Waals surface area contributed by atoms with Crippen LogP contribution in [0.1, 0.15) is 30.9 Å². The number of nitrogens with zero attached hydrogens (tertiary/aromatic N) is 1. The fourth-order valence-corrected chi connectivity index (χ4v) is 4.01. The summed E-state index contributed by atoms with van der Waals surface area (Å²) in [5.41, 5.74) is 2.73. The lowest BCUT2D eigenvalue weighted by molar-refractivity contribution is -0.121. The highest BCUT2D eigenvalue weighted by Crippen LogP contribution is 2.21. The molecule has 0 aliphatic carbocycles. The molecular formula is C22H29ClN2O4S. The van der Waals surface area contributed by atoms with Gasteiger partial charge in [0.25, 0.3) is 0 Å². The number of rotatable bonds is 11. The van der Waals surface area contributed by atoms with Crippen molar-refractivity contribution in [2.75, 3.05) is 30.3 Å². The molecule has 0 saturated heterocycles. The van der Waals surface area contributed by atoms with Crippen molar-refractivity contribution in [1.29, 1.82) is 0 Å². The lowest BCUT2D eigenvalue weighted by atomic mass is 10.1. The Labute approximate surface area is 184 Å². The van der Waals surface area contributed by atoms with Gasteiger partial charge < -0.3 is 10.1 Å². The van der Waals surface area contributed by atoms with E-state index in [2.05, 4.69) is 5.32 Å². The highest BCUT2D eigenvalue weighted by Gasteiger charge is 2.17. The van der Waals surface area contributed by atoms with Crippen molar-refractivity contribution in [3.63, 3.8) is 0 Å². The molecule has 0 saturated carbocycles. The van der Waals surface area contributed by atoms with Gasteiger partial charge >= 0.3 is 0 Å². The minimum absolute atomic E-state index is 0.143. The number of ether oxygens (including phenoxy) is 1. The first-order chi connectivity index (χ1) is 14.2. The van der Waals surface area contributed by atoms with Crippen LogP contribution in [0.3, 0.4) is 0 Å². The van der Waals surface area contributed by atoms with Crippen molar-refractivity contribution in [3.8, 4) is 5.75 Å². The first kappa shape index (κ1) is 24.0. The number of carbonyl (C=O) groups excluding carboxylic acids is 1. The van der Waals surface area contributed by atoms with Crippen LogP contribution in [0.15, 0.2) is 42.5 Å². The van der Waals surface area contributed by atoms with Gasteiger partial charge in [-0.2, -0.15) is 0 Å². The summed E-state index contributed by atoms with van der Waals surface area (Å²) in [5.74, 6) is 0.507. The molecule has 164 valence electrons. The van der Waals surface area contributed by atoms with E-state index in [9.17, 15) is 13.2 Å². The van der Waals surface area contributed by atoms with Gasteiger partial charge in [-0.25, -0.2) is 8.42 Å². The van der Waals surface area contributed by atoms with Crippen molar-refractivity contribution in [2.45, 2.75) is 33.1 Å². The summed E-state index contributed by atoms with van der Waals surface area (Å²) in [4.78, 5) is 12.0. The maximum absolute atomic E-state index is 12.2.